The van der Waals surface area contributed by atoms with Gasteiger partial charge in [-0.2, -0.15) is 0 Å². The highest BCUT2D eigenvalue weighted by atomic mass is 16.3. The van der Waals surface area contributed by atoms with E-state index in [2.05, 4.69) is 34.1 Å². The minimum absolute atomic E-state index is 0.0330. The summed E-state index contributed by atoms with van der Waals surface area (Å²) in [5, 5.41) is 3.04. The zero-order valence-corrected chi connectivity index (χ0v) is 14.9. The van der Waals surface area contributed by atoms with Gasteiger partial charge in [0.1, 0.15) is 0 Å². The zero-order chi connectivity index (χ0) is 17.6. The molecule has 3 rings (SSSR count). The number of hydrogen-bond acceptors (Lipinski definition) is 5. The van der Waals surface area contributed by atoms with Crippen LogP contribution in [0.25, 0.3) is 11.3 Å². The number of carbonyl (C=O) groups is 1. The van der Waals surface area contributed by atoms with E-state index in [4.69, 9.17) is 4.42 Å². The summed E-state index contributed by atoms with van der Waals surface area (Å²) in [6.07, 6.45) is 3.06. The molecule has 1 N–H and O–H groups in total. The van der Waals surface area contributed by atoms with Gasteiger partial charge >= 0.3 is 0 Å². The number of likely N-dealkylation sites (N-methyl/N-ethyl adjacent to an activating group) is 1. The van der Waals surface area contributed by atoms with Crippen LogP contribution < -0.4 is 5.32 Å². The molecule has 2 heterocycles. The summed E-state index contributed by atoms with van der Waals surface area (Å²) in [4.78, 5) is 21.0. The number of aromatic nitrogens is 1. The van der Waals surface area contributed by atoms with Crippen LogP contribution in [0.5, 0.6) is 0 Å². The number of benzene rings is 1. The second kappa shape index (κ2) is 8.27. The molecule has 6 nitrogen and oxygen atoms in total. The molecule has 1 fully saturated rings. The molecule has 0 aliphatic carbocycles. The van der Waals surface area contributed by atoms with E-state index in [1.165, 1.54) is 6.39 Å². The van der Waals surface area contributed by atoms with Crippen molar-refractivity contribution in [2.75, 3.05) is 46.3 Å². The van der Waals surface area contributed by atoms with Gasteiger partial charge in [0.05, 0.1) is 6.20 Å². The first-order valence-electron chi connectivity index (χ1n) is 8.80. The van der Waals surface area contributed by atoms with Crippen LogP contribution in [-0.4, -0.2) is 67.0 Å². The largest absolute Gasteiger partial charge is 0.444 e. The van der Waals surface area contributed by atoms with Crippen molar-refractivity contribution in [2.45, 2.75) is 6.92 Å². The van der Waals surface area contributed by atoms with E-state index in [1.54, 1.807) is 6.20 Å². The fraction of sp³-hybridized carbons (Fsp3) is 0.474. The van der Waals surface area contributed by atoms with Crippen LogP contribution in [-0.2, 0) is 0 Å². The normalized spacial score (nSPS) is 17.4. The number of piperazine rings is 1. The molecular weight excluding hydrogens is 316 g/mol. The van der Waals surface area contributed by atoms with E-state index in [9.17, 15) is 4.79 Å². The van der Waals surface area contributed by atoms with Gasteiger partial charge in [-0.25, -0.2) is 4.98 Å². The van der Waals surface area contributed by atoms with Crippen LogP contribution in [0.2, 0.25) is 0 Å². The smallest absolute Gasteiger partial charge is 0.251 e. The molecule has 0 bridgehead atoms. The average Bonchev–Trinajstić information content (AvgIpc) is 3.16. The number of oxazole rings is 1. The predicted octanol–water partition coefficient (Wildman–Crippen LogP) is 1.95. The van der Waals surface area contributed by atoms with Crippen molar-refractivity contribution in [3.8, 4) is 11.3 Å². The second-order valence-corrected chi connectivity index (χ2v) is 6.86. The van der Waals surface area contributed by atoms with Gasteiger partial charge in [0.2, 0.25) is 0 Å². The summed E-state index contributed by atoms with van der Waals surface area (Å²) in [6, 6.07) is 7.39. The number of nitrogens with one attached hydrogen (secondary N) is 1. The van der Waals surface area contributed by atoms with Crippen LogP contribution in [0.4, 0.5) is 0 Å². The SMILES string of the molecule is CC(CNC(=O)c1ccc(-c2cnco2)cc1)CN1CCN(C)CC1. The number of amides is 1. The quantitative estimate of drug-likeness (QED) is 0.869. The van der Waals surface area contributed by atoms with Gasteiger partial charge in [0.15, 0.2) is 12.2 Å². The van der Waals surface area contributed by atoms with E-state index >= 15 is 0 Å². The third-order valence-corrected chi connectivity index (χ3v) is 4.64. The van der Waals surface area contributed by atoms with Crippen molar-refractivity contribution in [1.82, 2.24) is 20.1 Å². The van der Waals surface area contributed by atoms with Gasteiger partial charge in [-0.05, 0) is 25.1 Å². The number of nitrogens with zero attached hydrogens (tertiary/aromatic N) is 3. The first-order valence-corrected chi connectivity index (χ1v) is 8.80. The van der Waals surface area contributed by atoms with Crippen molar-refractivity contribution in [3.63, 3.8) is 0 Å². The van der Waals surface area contributed by atoms with Gasteiger partial charge in [-0.3, -0.25) is 4.79 Å². The van der Waals surface area contributed by atoms with E-state index < -0.39 is 0 Å². The van der Waals surface area contributed by atoms with Crippen LogP contribution >= 0.6 is 0 Å². The van der Waals surface area contributed by atoms with Gasteiger partial charge < -0.3 is 19.5 Å². The van der Waals surface area contributed by atoms with Gasteiger partial charge in [0.25, 0.3) is 5.91 Å². The van der Waals surface area contributed by atoms with Crippen molar-refractivity contribution >= 4 is 5.91 Å². The lowest BCUT2D eigenvalue weighted by molar-refractivity contribution is 0.0937. The number of hydrogen-bond donors (Lipinski definition) is 1. The molecule has 1 aliphatic heterocycles. The highest BCUT2D eigenvalue weighted by Gasteiger charge is 2.16. The molecule has 1 atom stereocenters. The van der Waals surface area contributed by atoms with Gasteiger partial charge in [-0.1, -0.05) is 19.1 Å². The third kappa shape index (κ3) is 4.90. The molecule has 1 amide bonds. The second-order valence-electron chi connectivity index (χ2n) is 6.86. The Morgan fingerprint density at radius 3 is 2.60 bits per heavy atom. The Morgan fingerprint density at radius 1 is 1.24 bits per heavy atom. The number of carbonyl (C=O) groups excluding carboxylic acids is 1. The topological polar surface area (TPSA) is 61.6 Å². The Balaban J connectivity index is 1.45. The minimum atomic E-state index is -0.0330. The van der Waals surface area contributed by atoms with Crippen molar-refractivity contribution in [2.24, 2.45) is 5.92 Å². The Bertz CT molecular complexity index is 661. The number of rotatable bonds is 6. The average molecular weight is 342 g/mol. The molecule has 0 radical (unpaired) electrons. The molecular formula is C19H26N4O2. The summed E-state index contributed by atoms with van der Waals surface area (Å²) in [5.74, 6) is 1.10. The van der Waals surface area contributed by atoms with Crippen molar-refractivity contribution < 1.29 is 9.21 Å². The Morgan fingerprint density at radius 2 is 1.96 bits per heavy atom. The van der Waals surface area contributed by atoms with Crippen molar-refractivity contribution in [1.29, 1.82) is 0 Å². The molecule has 134 valence electrons. The summed E-state index contributed by atoms with van der Waals surface area (Å²) < 4.78 is 5.26. The zero-order valence-electron chi connectivity index (χ0n) is 14.9. The fourth-order valence-electron chi connectivity index (χ4n) is 3.05. The van der Waals surface area contributed by atoms with Gasteiger partial charge in [-0.15, -0.1) is 0 Å². The minimum Gasteiger partial charge on any atom is -0.444 e. The van der Waals surface area contributed by atoms with E-state index in [-0.39, 0.29) is 5.91 Å². The third-order valence-electron chi connectivity index (χ3n) is 4.64. The van der Waals surface area contributed by atoms with E-state index in [0.717, 1.165) is 38.3 Å². The van der Waals surface area contributed by atoms with Crippen LogP contribution in [0.15, 0.2) is 41.3 Å². The molecule has 2 aromatic rings. The summed E-state index contributed by atoms with van der Waals surface area (Å²) in [7, 11) is 2.16. The standard InChI is InChI=1S/C19H26N4O2/c1-15(13-23-9-7-22(2)8-10-23)11-21-19(24)17-5-3-16(4-6-17)18-12-20-14-25-18/h3-6,12,14-15H,7-11,13H2,1-2H3,(H,21,24). The highest BCUT2D eigenvalue weighted by molar-refractivity contribution is 5.94. The highest BCUT2D eigenvalue weighted by Crippen LogP contribution is 2.18. The molecule has 1 aliphatic rings. The first-order chi connectivity index (χ1) is 12.1. The molecule has 1 saturated heterocycles. The van der Waals surface area contributed by atoms with Crippen LogP contribution in [0.3, 0.4) is 0 Å². The molecule has 0 spiro atoms. The van der Waals surface area contributed by atoms with Crippen molar-refractivity contribution in [3.05, 3.63) is 42.4 Å². The summed E-state index contributed by atoms with van der Waals surface area (Å²) in [6.45, 7) is 8.36. The fourth-order valence-corrected chi connectivity index (χ4v) is 3.05. The lowest BCUT2D eigenvalue weighted by Crippen LogP contribution is -2.46. The lowest BCUT2D eigenvalue weighted by Gasteiger charge is -2.33. The molecule has 1 unspecified atom stereocenters. The predicted molar refractivity (Wildman–Crippen MR) is 97.4 cm³/mol. The summed E-state index contributed by atoms with van der Waals surface area (Å²) in [5.41, 5.74) is 1.58. The Hall–Kier alpha value is -2.18. The summed E-state index contributed by atoms with van der Waals surface area (Å²) >= 11 is 0. The molecule has 1 aromatic heterocycles. The van der Waals surface area contributed by atoms with Crippen LogP contribution in [0.1, 0.15) is 17.3 Å². The van der Waals surface area contributed by atoms with Crippen LogP contribution in [0, 0.1) is 5.92 Å². The first kappa shape index (κ1) is 17.6. The Kier molecular flexibility index (Phi) is 5.83. The maximum Gasteiger partial charge on any atom is 0.251 e. The monoisotopic (exact) mass is 342 g/mol. The van der Waals surface area contributed by atoms with Gasteiger partial charge in [0, 0.05) is 50.4 Å². The van der Waals surface area contributed by atoms with E-state index in [1.807, 2.05) is 24.3 Å². The molecule has 6 heteroatoms. The maximum atomic E-state index is 12.3. The lowest BCUT2D eigenvalue weighted by atomic mass is 10.1. The molecule has 0 saturated carbocycles. The Labute approximate surface area is 148 Å². The molecule has 1 aromatic carbocycles. The van der Waals surface area contributed by atoms with E-state index in [0.29, 0.717) is 23.8 Å². The molecule has 25 heavy (non-hydrogen) atoms. The maximum absolute atomic E-state index is 12.3.